The van der Waals surface area contributed by atoms with Crippen LogP contribution in [-0.2, 0) is 9.53 Å². The highest BCUT2D eigenvalue weighted by Gasteiger charge is 2.54. The van der Waals surface area contributed by atoms with Gasteiger partial charge in [-0.05, 0) is 29.8 Å². The van der Waals surface area contributed by atoms with E-state index in [2.05, 4.69) is 16.8 Å². The van der Waals surface area contributed by atoms with Gasteiger partial charge in [0, 0.05) is 37.5 Å². The van der Waals surface area contributed by atoms with Gasteiger partial charge in [0.25, 0.3) is 5.91 Å². The predicted molar refractivity (Wildman–Crippen MR) is 110 cm³/mol. The van der Waals surface area contributed by atoms with Crippen molar-refractivity contribution in [1.29, 1.82) is 0 Å². The number of piperazine rings is 1. The van der Waals surface area contributed by atoms with Crippen LogP contribution in [0.25, 0.3) is 0 Å². The molecule has 0 aliphatic carbocycles. The molecule has 2 aliphatic heterocycles. The molecule has 1 aromatic carbocycles. The number of hydrogen-bond acceptors (Lipinski definition) is 5. The van der Waals surface area contributed by atoms with Gasteiger partial charge in [0.2, 0.25) is 5.91 Å². The van der Waals surface area contributed by atoms with Crippen LogP contribution in [-0.4, -0.2) is 77.2 Å². The molecule has 0 saturated carbocycles. The molecule has 1 aromatic heterocycles. The zero-order chi connectivity index (χ0) is 21.1. The lowest BCUT2D eigenvalue weighted by molar-refractivity contribution is -0.159. The Balaban J connectivity index is 1.54. The average molecular weight is 405 g/mol. The first-order chi connectivity index (χ1) is 14.6. The van der Waals surface area contributed by atoms with Crippen LogP contribution in [0.4, 0.5) is 0 Å². The number of pyridine rings is 1. The van der Waals surface area contributed by atoms with E-state index >= 15 is 0 Å². The number of rotatable bonds is 4. The second kappa shape index (κ2) is 8.66. The fourth-order valence-corrected chi connectivity index (χ4v) is 4.33. The maximum atomic E-state index is 12.8. The number of methoxy groups -OCH3 is 1. The molecule has 30 heavy (non-hydrogen) atoms. The molecule has 2 amide bonds. The summed E-state index contributed by atoms with van der Waals surface area (Å²) in [7, 11) is 1.60. The Morgan fingerprint density at radius 3 is 2.77 bits per heavy atom. The van der Waals surface area contributed by atoms with E-state index in [1.165, 1.54) is 6.20 Å². The zero-order valence-corrected chi connectivity index (χ0v) is 16.7. The molecule has 154 valence electrons. The summed E-state index contributed by atoms with van der Waals surface area (Å²) in [6.45, 7) is 0.702. The van der Waals surface area contributed by atoms with Crippen molar-refractivity contribution in [2.75, 3.05) is 33.4 Å². The van der Waals surface area contributed by atoms with E-state index in [1.807, 2.05) is 24.3 Å². The van der Waals surface area contributed by atoms with Crippen molar-refractivity contribution < 1.29 is 19.4 Å². The summed E-state index contributed by atoms with van der Waals surface area (Å²) in [6.07, 6.45) is 3.12. The molecule has 2 saturated heterocycles. The largest absolute Gasteiger partial charge is 0.394 e. The minimum absolute atomic E-state index is 0.0154. The predicted octanol–water partition coefficient (Wildman–Crippen LogP) is 0.891. The van der Waals surface area contributed by atoms with Crippen LogP contribution < -0.4 is 0 Å². The standard InChI is InChI=1S/C23H23N3O4/c1-30-11-3-4-16-6-8-17(9-7-16)22-19-13-25(14-21(28)26(19)20(22)15-27)23(29)18-5-2-10-24-12-18/h2,5-10,12,19-20,22,27H,11,13-15H2,1H3/t19-,20+,22+/m1/s1. The molecule has 2 fully saturated rings. The lowest BCUT2D eigenvalue weighted by atomic mass is 9.73. The van der Waals surface area contributed by atoms with Gasteiger partial charge in [0.1, 0.15) is 13.2 Å². The van der Waals surface area contributed by atoms with Gasteiger partial charge in [0.05, 0.1) is 24.3 Å². The Labute approximate surface area is 175 Å². The van der Waals surface area contributed by atoms with Gasteiger partial charge >= 0.3 is 0 Å². The molecule has 2 aliphatic rings. The Bertz CT molecular complexity index is 981. The molecule has 7 nitrogen and oxygen atoms in total. The van der Waals surface area contributed by atoms with Crippen LogP contribution in [0.15, 0.2) is 48.8 Å². The fourth-order valence-electron chi connectivity index (χ4n) is 4.33. The van der Waals surface area contributed by atoms with Crippen molar-refractivity contribution >= 4 is 11.8 Å². The second-order valence-corrected chi connectivity index (χ2v) is 7.43. The third kappa shape index (κ3) is 3.67. The number of aliphatic hydroxyl groups excluding tert-OH is 1. The Morgan fingerprint density at radius 1 is 1.30 bits per heavy atom. The molecule has 1 N–H and O–H groups in total. The van der Waals surface area contributed by atoms with Crippen LogP contribution >= 0.6 is 0 Å². The number of ether oxygens (including phenoxy) is 1. The first-order valence-electron chi connectivity index (χ1n) is 9.83. The molecule has 3 atom stereocenters. The van der Waals surface area contributed by atoms with Crippen molar-refractivity contribution in [1.82, 2.24) is 14.8 Å². The fraction of sp³-hybridized carbons (Fsp3) is 0.348. The topological polar surface area (TPSA) is 83.0 Å². The van der Waals surface area contributed by atoms with Gasteiger partial charge in [-0.25, -0.2) is 0 Å². The molecule has 0 spiro atoms. The number of amides is 2. The SMILES string of the molecule is COCC#Cc1ccc([C@H]2[C@H]3CN(C(=O)c4cccnc4)CC(=O)N3[C@H]2CO)cc1. The normalized spacial score (nSPS) is 22.6. The van der Waals surface area contributed by atoms with E-state index in [4.69, 9.17) is 4.74 Å². The van der Waals surface area contributed by atoms with Gasteiger partial charge in [-0.1, -0.05) is 24.0 Å². The van der Waals surface area contributed by atoms with Crippen LogP contribution in [0.3, 0.4) is 0 Å². The van der Waals surface area contributed by atoms with E-state index in [9.17, 15) is 14.7 Å². The third-order valence-electron chi connectivity index (χ3n) is 5.69. The van der Waals surface area contributed by atoms with Crippen molar-refractivity contribution in [3.8, 4) is 11.8 Å². The summed E-state index contributed by atoms with van der Waals surface area (Å²) in [4.78, 5) is 32.8. The van der Waals surface area contributed by atoms with Crippen LogP contribution in [0.5, 0.6) is 0 Å². The van der Waals surface area contributed by atoms with E-state index < -0.39 is 0 Å². The van der Waals surface area contributed by atoms with Crippen LogP contribution in [0.1, 0.15) is 27.4 Å². The maximum Gasteiger partial charge on any atom is 0.255 e. The van der Waals surface area contributed by atoms with Crippen molar-refractivity contribution in [2.24, 2.45) is 0 Å². The summed E-state index contributed by atoms with van der Waals surface area (Å²) in [5, 5.41) is 9.91. The summed E-state index contributed by atoms with van der Waals surface area (Å²) >= 11 is 0. The minimum Gasteiger partial charge on any atom is -0.394 e. The highest BCUT2D eigenvalue weighted by Crippen LogP contribution is 2.43. The average Bonchev–Trinajstić information content (AvgIpc) is 2.76. The molecular weight excluding hydrogens is 382 g/mol. The first-order valence-corrected chi connectivity index (χ1v) is 9.83. The molecule has 7 heteroatoms. The molecular formula is C23H23N3O4. The first kappa shape index (κ1) is 20.1. The van der Waals surface area contributed by atoms with Gasteiger partial charge in [0.15, 0.2) is 0 Å². The third-order valence-corrected chi connectivity index (χ3v) is 5.69. The van der Waals surface area contributed by atoms with Gasteiger partial charge in [-0.2, -0.15) is 0 Å². The highest BCUT2D eigenvalue weighted by atomic mass is 16.5. The molecule has 3 heterocycles. The van der Waals surface area contributed by atoms with E-state index in [1.54, 1.807) is 35.2 Å². The van der Waals surface area contributed by atoms with Crippen molar-refractivity contribution in [3.63, 3.8) is 0 Å². The number of fused-ring (bicyclic) bond motifs is 1. The maximum absolute atomic E-state index is 12.8. The summed E-state index contributed by atoms with van der Waals surface area (Å²) in [6, 6.07) is 10.8. The van der Waals surface area contributed by atoms with Gasteiger partial charge < -0.3 is 19.6 Å². The number of hydrogen-bond donors (Lipinski definition) is 1. The Morgan fingerprint density at radius 2 is 2.10 bits per heavy atom. The Kier molecular flexibility index (Phi) is 5.79. The number of carbonyl (C=O) groups excluding carboxylic acids is 2. The lowest BCUT2D eigenvalue weighted by Crippen LogP contribution is -2.73. The van der Waals surface area contributed by atoms with Crippen molar-refractivity contribution in [3.05, 3.63) is 65.5 Å². The number of benzene rings is 1. The Hall–Kier alpha value is -3.21. The highest BCUT2D eigenvalue weighted by molar-refractivity contribution is 5.97. The van der Waals surface area contributed by atoms with Gasteiger partial charge in [-0.3, -0.25) is 14.6 Å². The monoisotopic (exact) mass is 405 g/mol. The molecule has 4 rings (SSSR count). The van der Waals surface area contributed by atoms with E-state index in [0.717, 1.165) is 11.1 Å². The molecule has 2 aromatic rings. The summed E-state index contributed by atoms with van der Waals surface area (Å²) < 4.78 is 4.94. The molecule has 0 radical (unpaired) electrons. The van der Waals surface area contributed by atoms with Crippen molar-refractivity contribution in [2.45, 2.75) is 18.0 Å². The quantitative estimate of drug-likeness (QED) is 0.764. The second-order valence-electron chi connectivity index (χ2n) is 7.43. The van der Waals surface area contributed by atoms with E-state index in [0.29, 0.717) is 18.7 Å². The smallest absolute Gasteiger partial charge is 0.255 e. The summed E-state index contributed by atoms with van der Waals surface area (Å²) in [5.74, 6) is 5.57. The number of nitrogens with zero attached hydrogens (tertiary/aromatic N) is 3. The zero-order valence-electron chi connectivity index (χ0n) is 16.7. The van der Waals surface area contributed by atoms with Crippen LogP contribution in [0, 0.1) is 11.8 Å². The minimum atomic E-state index is -0.274. The summed E-state index contributed by atoms with van der Waals surface area (Å²) in [5.41, 5.74) is 2.36. The number of carbonyl (C=O) groups is 2. The lowest BCUT2D eigenvalue weighted by Gasteiger charge is -2.58. The van der Waals surface area contributed by atoms with Crippen LogP contribution in [0.2, 0.25) is 0 Å². The van der Waals surface area contributed by atoms with Gasteiger partial charge in [-0.15, -0.1) is 0 Å². The molecule has 0 unspecified atom stereocenters. The van der Waals surface area contributed by atoms with E-state index in [-0.39, 0.29) is 43.0 Å². The number of aliphatic hydroxyl groups is 1. The molecule has 0 bridgehead atoms. The number of aromatic nitrogens is 1.